The van der Waals surface area contributed by atoms with Gasteiger partial charge in [-0.25, -0.2) is 0 Å². The maximum atomic E-state index is 11.9. The van der Waals surface area contributed by atoms with E-state index >= 15 is 0 Å². The Morgan fingerprint density at radius 2 is 1.02 bits per heavy atom. The molecule has 3 aliphatic rings. The van der Waals surface area contributed by atoms with Crippen molar-refractivity contribution in [2.75, 3.05) is 0 Å². The molecule has 6 aromatic rings. The van der Waals surface area contributed by atoms with Gasteiger partial charge >= 0.3 is 0 Å². The summed E-state index contributed by atoms with van der Waals surface area (Å²) in [5.41, 5.74) is 5.07. The van der Waals surface area contributed by atoms with Crippen LogP contribution in [0.3, 0.4) is 0 Å². The van der Waals surface area contributed by atoms with Gasteiger partial charge < -0.3 is 19.3 Å². The standard InChI is InChI=1S/C36H34N2O2/c1-17-11-13-25-29-19(17)7-5-9-21(29)27(37(25)3)15-23-31-32(23)35(39)24(33-34(31)36(33)40)16-28-22-10-6-8-20-18(2)12-14-26(30(20)22)38(28)4/h5-16,23-24,31-36,39-40H,1-4H3/b27-15+,28-16+. The Balaban J connectivity index is 1.17. The number of hydrogen-bond donors (Lipinski definition) is 2. The van der Waals surface area contributed by atoms with Crippen molar-refractivity contribution in [1.29, 1.82) is 0 Å². The fraction of sp³-hybridized carbons (Fsp3) is 0.333. The maximum Gasteiger partial charge on any atom is 0.0644 e. The molecular weight excluding hydrogens is 492 g/mol. The lowest BCUT2D eigenvalue weighted by Gasteiger charge is -2.24. The van der Waals surface area contributed by atoms with E-state index in [0.717, 1.165) is 5.35 Å². The molecule has 8 unspecified atom stereocenters. The van der Waals surface area contributed by atoms with E-state index in [1.807, 2.05) is 0 Å². The van der Waals surface area contributed by atoms with Crippen LogP contribution in [0, 0.1) is 49.4 Å². The Hall–Kier alpha value is -3.60. The molecular formula is C36H34N2O2. The Morgan fingerprint density at radius 1 is 0.550 bits per heavy atom. The molecule has 0 amide bonds. The number of nitrogens with zero attached hydrogens (tertiary/aromatic N) is 2. The third kappa shape index (κ3) is 2.74. The van der Waals surface area contributed by atoms with E-state index < -0.39 is 6.10 Å². The van der Waals surface area contributed by atoms with Crippen LogP contribution in [-0.4, -0.2) is 31.6 Å². The number of benzene rings is 4. The Bertz CT molecular complexity index is 2150. The van der Waals surface area contributed by atoms with Crippen molar-refractivity contribution in [3.8, 4) is 0 Å². The number of hydrogen-bond acceptors (Lipinski definition) is 2. The van der Waals surface area contributed by atoms with Gasteiger partial charge in [-0.1, -0.05) is 60.7 Å². The van der Waals surface area contributed by atoms with Crippen molar-refractivity contribution in [2.24, 2.45) is 49.6 Å². The summed E-state index contributed by atoms with van der Waals surface area (Å²) in [5.74, 6) is 1.21. The van der Waals surface area contributed by atoms with Gasteiger partial charge in [0.25, 0.3) is 0 Å². The molecule has 2 heterocycles. The van der Waals surface area contributed by atoms with Crippen molar-refractivity contribution in [1.82, 2.24) is 9.13 Å². The second kappa shape index (κ2) is 7.57. The normalized spacial score (nSPS) is 32.0. The molecule has 40 heavy (non-hydrogen) atoms. The molecule has 200 valence electrons. The molecule has 4 aromatic carbocycles. The van der Waals surface area contributed by atoms with E-state index in [1.54, 1.807) is 0 Å². The fourth-order valence-corrected chi connectivity index (χ4v) is 9.02. The summed E-state index contributed by atoms with van der Waals surface area (Å²) < 4.78 is 4.60. The smallest absolute Gasteiger partial charge is 0.0644 e. The summed E-state index contributed by atoms with van der Waals surface area (Å²) in [6.45, 7) is 4.35. The molecule has 3 aliphatic carbocycles. The minimum Gasteiger partial charge on any atom is -0.392 e. The molecule has 9 rings (SSSR count). The number of aryl methyl sites for hydroxylation is 4. The highest BCUT2D eigenvalue weighted by Crippen LogP contribution is 2.71. The minimum atomic E-state index is -0.456. The first-order valence-corrected chi connectivity index (χ1v) is 14.7. The first-order valence-electron chi connectivity index (χ1n) is 14.7. The van der Waals surface area contributed by atoms with Gasteiger partial charge in [-0.15, -0.1) is 0 Å². The first kappa shape index (κ1) is 23.1. The molecule has 3 fully saturated rings. The van der Waals surface area contributed by atoms with Crippen LogP contribution in [0.1, 0.15) is 11.1 Å². The van der Waals surface area contributed by atoms with Gasteiger partial charge in [0, 0.05) is 63.3 Å². The highest BCUT2D eigenvalue weighted by Gasteiger charge is 2.73. The lowest BCUT2D eigenvalue weighted by atomic mass is 9.85. The van der Waals surface area contributed by atoms with Crippen molar-refractivity contribution in [3.63, 3.8) is 0 Å². The Morgan fingerprint density at radius 3 is 1.57 bits per heavy atom. The van der Waals surface area contributed by atoms with Crippen LogP contribution < -0.4 is 10.7 Å². The number of rotatable bonds is 2. The third-order valence-corrected chi connectivity index (χ3v) is 11.1. The first-order chi connectivity index (χ1) is 19.4. The summed E-state index contributed by atoms with van der Waals surface area (Å²) in [4.78, 5) is 0. The van der Waals surface area contributed by atoms with Crippen molar-refractivity contribution < 1.29 is 10.2 Å². The summed E-state index contributed by atoms with van der Waals surface area (Å²) >= 11 is 0. The van der Waals surface area contributed by atoms with Gasteiger partial charge in [-0.2, -0.15) is 0 Å². The predicted molar refractivity (Wildman–Crippen MR) is 163 cm³/mol. The number of fused-ring (bicyclic) bond motifs is 3. The zero-order chi connectivity index (χ0) is 27.2. The zero-order valence-electron chi connectivity index (χ0n) is 23.3. The molecule has 0 aliphatic heterocycles. The van der Waals surface area contributed by atoms with E-state index in [4.69, 9.17) is 0 Å². The second-order valence-electron chi connectivity index (χ2n) is 12.9. The molecule has 3 saturated carbocycles. The van der Waals surface area contributed by atoms with Gasteiger partial charge in [0.05, 0.1) is 12.2 Å². The van der Waals surface area contributed by atoms with E-state index in [-0.39, 0.29) is 35.7 Å². The minimum absolute atomic E-state index is 0.0441. The average Bonchev–Trinajstić information content (AvgIpc) is 3.79. The quantitative estimate of drug-likeness (QED) is 0.342. The molecule has 0 bridgehead atoms. The number of aromatic nitrogens is 2. The van der Waals surface area contributed by atoms with Gasteiger partial charge in [0.1, 0.15) is 0 Å². The lowest BCUT2D eigenvalue weighted by molar-refractivity contribution is 0.0760. The monoisotopic (exact) mass is 526 g/mol. The third-order valence-electron chi connectivity index (χ3n) is 11.1. The Kier molecular flexibility index (Phi) is 4.38. The van der Waals surface area contributed by atoms with Crippen LogP contribution in [0.2, 0.25) is 0 Å². The summed E-state index contributed by atoms with van der Waals surface area (Å²) in [6.07, 6.45) is 3.93. The van der Waals surface area contributed by atoms with E-state index in [1.165, 1.54) is 59.8 Å². The van der Waals surface area contributed by atoms with Gasteiger partial charge in [0.15, 0.2) is 0 Å². The van der Waals surface area contributed by atoms with Gasteiger partial charge in [0.2, 0.25) is 0 Å². The average molecular weight is 527 g/mol. The molecule has 0 radical (unpaired) electrons. The molecule has 2 aromatic heterocycles. The predicted octanol–water partition coefficient (Wildman–Crippen LogP) is 4.75. The van der Waals surface area contributed by atoms with Crippen molar-refractivity contribution in [3.05, 3.63) is 82.5 Å². The highest BCUT2D eigenvalue weighted by molar-refractivity contribution is 6.12. The van der Waals surface area contributed by atoms with Crippen molar-refractivity contribution in [2.45, 2.75) is 26.1 Å². The SMILES string of the molecule is Cc1ccc2c3c1cccc3/c(=C\C1C(O)C3C(/C=c4\c5cccc6c(C)ccc(c65)n4C)C3C3C(O)C13)n2C. The summed E-state index contributed by atoms with van der Waals surface area (Å²) in [5, 5.41) is 33.2. The summed E-state index contributed by atoms with van der Waals surface area (Å²) in [7, 11) is 4.30. The number of aliphatic hydroxyl groups excluding tert-OH is 2. The molecule has 0 saturated heterocycles. The van der Waals surface area contributed by atoms with Gasteiger partial charge in [-0.3, -0.25) is 0 Å². The van der Waals surface area contributed by atoms with Crippen LogP contribution >= 0.6 is 0 Å². The lowest BCUT2D eigenvalue weighted by Crippen LogP contribution is -2.30. The topological polar surface area (TPSA) is 50.3 Å². The maximum absolute atomic E-state index is 11.9. The van der Waals surface area contributed by atoms with E-state index in [2.05, 4.69) is 110 Å². The van der Waals surface area contributed by atoms with Crippen LogP contribution in [0.4, 0.5) is 0 Å². The van der Waals surface area contributed by atoms with Crippen molar-refractivity contribution >= 4 is 55.5 Å². The Labute approximate surface area is 232 Å². The second-order valence-corrected chi connectivity index (χ2v) is 12.9. The zero-order valence-corrected chi connectivity index (χ0v) is 23.3. The van der Waals surface area contributed by atoms with Crippen LogP contribution in [0.25, 0.3) is 55.5 Å². The molecule has 0 spiro atoms. The molecule has 4 nitrogen and oxygen atoms in total. The van der Waals surface area contributed by atoms with Gasteiger partial charge in [-0.05, 0) is 77.5 Å². The van der Waals surface area contributed by atoms with E-state index in [9.17, 15) is 10.2 Å². The molecule has 4 heteroatoms. The van der Waals surface area contributed by atoms with Crippen LogP contribution in [0.15, 0.2) is 60.7 Å². The number of aliphatic hydroxyl groups is 2. The highest BCUT2D eigenvalue weighted by atomic mass is 16.3. The molecule has 2 N–H and O–H groups in total. The fourth-order valence-electron chi connectivity index (χ4n) is 9.02. The van der Waals surface area contributed by atoms with Crippen LogP contribution in [0.5, 0.6) is 0 Å². The molecule has 8 atom stereocenters. The largest absolute Gasteiger partial charge is 0.392 e. The van der Waals surface area contributed by atoms with Crippen LogP contribution in [-0.2, 0) is 14.1 Å². The summed E-state index contributed by atoms with van der Waals surface area (Å²) in [6, 6.07) is 22.0. The van der Waals surface area contributed by atoms with E-state index in [0.29, 0.717) is 5.92 Å².